The van der Waals surface area contributed by atoms with E-state index in [0.717, 1.165) is 18.2 Å². The van der Waals surface area contributed by atoms with Crippen LogP contribution in [-0.4, -0.2) is 12.3 Å². The second kappa shape index (κ2) is 6.64. The van der Waals surface area contributed by atoms with Crippen molar-refractivity contribution in [3.63, 3.8) is 0 Å². The van der Waals surface area contributed by atoms with Crippen LogP contribution in [0.1, 0.15) is 15.9 Å². The Labute approximate surface area is 127 Å². The number of hydrogen-bond acceptors (Lipinski definition) is 2. The summed E-state index contributed by atoms with van der Waals surface area (Å²) in [5.41, 5.74) is -0.0705. The molecule has 3 nitrogen and oxygen atoms in total. The molecular weight excluding hydrogens is 321 g/mol. The first-order chi connectivity index (χ1) is 10.8. The number of alkyl halides is 3. The lowest BCUT2D eigenvalue weighted by Crippen LogP contribution is -2.24. The molecule has 0 saturated carbocycles. The molecule has 0 aromatic heterocycles. The Hall–Kier alpha value is -2.64. The minimum absolute atomic E-state index is 0.0840. The van der Waals surface area contributed by atoms with E-state index in [9.17, 15) is 26.7 Å². The molecule has 0 fully saturated rings. The van der Waals surface area contributed by atoms with E-state index in [2.05, 4.69) is 10.1 Å². The lowest BCUT2D eigenvalue weighted by molar-refractivity contribution is -0.274. The van der Waals surface area contributed by atoms with Gasteiger partial charge in [0.25, 0.3) is 5.91 Å². The molecule has 0 aliphatic rings. The topological polar surface area (TPSA) is 38.3 Å². The van der Waals surface area contributed by atoms with Gasteiger partial charge in [0.05, 0.1) is 0 Å². The number of carbonyl (C=O) groups excluding carboxylic acids is 1. The van der Waals surface area contributed by atoms with Gasteiger partial charge in [-0.1, -0.05) is 18.2 Å². The van der Waals surface area contributed by atoms with Gasteiger partial charge in [0.2, 0.25) is 0 Å². The maximum absolute atomic E-state index is 13.1. The van der Waals surface area contributed by atoms with Gasteiger partial charge in [-0.05, 0) is 24.3 Å². The summed E-state index contributed by atoms with van der Waals surface area (Å²) in [5.74, 6) is -3.51. The molecule has 0 heterocycles. The molecule has 0 radical (unpaired) electrons. The van der Waals surface area contributed by atoms with Crippen LogP contribution in [-0.2, 0) is 6.54 Å². The third-order valence-corrected chi connectivity index (χ3v) is 2.82. The van der Waals surface area contributed by atoms with Crippen molar-refractivity contribution in [2.75, 3.05) is 0 Å². The van der Waals surface area contributed by atoms with Gasteiger partial charge < -0.3 is 10.1 Å². The summed E-state index contributed by atoms with van der Waals surface area (Å²) in [6.45, 7) is -0.274. The van der Waals surface area contributed by atoms with Gasteiger partial charge in [0, 0.05) is 17.7 Å². The van der Waals surface area contributed by atoms with Gasteiger partial charge in [-0.3, -0.25) is 4.79 Å². The van der Waals surface area contributed by atoms with Crippen molar-refractivity contribution in [1.29, 1.82) is 0 Å². The zero-order valence-electron chi connectivity index (χ0n) is 11.5. The molecule has 1 N–H and O–H groups in total. The molecule has 0 saturated heterocycles. The summed E-state index contributed by atoms with van der Waals surface area (Å²) < 4.78 is 66.5. The van der Waals surface area contributed by atoms with E-state index in [1.165, 1.54) is 18.2 Å². The fourth-order valence-corrected chi connectivity index (χ4v) is 1.79. The Kier molecular flexibility index (Phi) is 4.83. The number of nitrogens with one attached hydrogen (secondary N) is 1. The van der Waals surface area contributed by atoms with Crippen LogP contribution in [0.2, 0.25) is 0 Å². The fourth-order valence-electron chi connectivity index (χ4n) is 1.79. The van der Waals surface area contributed by atoms with Crippen molar-refractivity contribution in [2.45, 2.75) is 12.9 Å². The zero-order valence-corrected chi connectivity index (χ0v) is 11.5. The van der Waals surface area contributed by atoms with E-state index in [0.29, 0.717) is 6.07 Å². The van der Waals surface area contributed by atoms with Crippen LogP contribution in [0.15, 0.2) is 42.5 Å². The van der Waals surface area contributed by atoms with Crippen LogP contribution in [0.4, 0.5) is 22.0 Å². The van der Waals surface area contributed by atoms with E-state index in [1.54, 1.807) is 0 Å². The summed E-state index contributed by atoms with van der Waals surface area (Å²) in [7, 11) is 0. The minimum Gasteiger partial charge on any atom is -0.405 e. The maximum atomic E-state index is 13.1. The highest BCUT2D eigenvalue weighted by Crippen LogP contribution is 2.26. The van der Waals surface area contributed by atoms with Crippen molar-refractivity contribution < 1.29 is 31.5 Å². The maximum Gasteiger partial charge on any atom is 0.573 e. The van der Waals surface area contributed by atoms with Gasteiger partial charge in [-0.25, -0.2) is 8.78 Å². The monoisotopic (exact) mass is 331 g/mol. The van der Waals surface area contributed by atoms with Crippen molar-refractivity contribution in [2.24, 2.45) is 0 Å². The van der Waals surface area contributed by atoms with E-state index in [4.69, 9.17) is 0 Å². The number of para-hydroxylation sites is 1. The Morgan fingerprint density at radius 1 is 1.04 bits per heavy atom. The normalized spacial score (nSPS) is 11.2. The molecule has 0 bridgehead atoms. The second-order valence-electron chi connectivity index (χ2n) is 4.47. The van der Waals surface area contributed by atoms with E-state index in [-0.39, 0.29) is 17.7 Å². The third kappa shape index (κ3) is 4.67. The smallest absolute Gasteiger partial charge is 0.405 e. The first kappa shape index (κ1) is 16.7. The molecule has 8 heteroatoms. The molecule has 2 aromatic rings. The van der Waals surface area contributed by atoms with Crippen molar-refractivity contribution >= 4 is 5.91 Å². The Morgan fingerprint density at radius 2 is 1.74 bits per heavy atom. The predicted octanol–water partition coefficient (Wildman–Crippen LogP) is 3.79. The van der Waals surface area contributed by atoms with Crippen LogP contribution in [0.25, 0.3) is 0 Å². The standard InChI is InChI=1S/C15H10F5NO2/c16-11-6-5-9(7-12(11)17)14(22)21-8-10-3-1-2-4-13(10)23-15(18,19)20/h1-7H,8H2,(H,21,22). The summed E-state index contributed by atoms with van der Waals surface area (Å²) in [5, 5.41) is 2.31. The number of halogens is 5. The Balaban J connectivity index is 2.08. The molecule has 122 valence electrons. The number of amides is 1. The number of benzene rings is 2. The molecule has 1 amide bonds. The second-order valence-corrected chi connectivity index (χ2v) is 4.47. The van der Waals surface area contributed by atoms with Crippen LogP contribution in [0.3, 0.4) is 0 Å². The molecule has 0 aliphatic heterocycles. The van der Waals surface area contributed by atoms with Crippen molar-refractivity contribution in [3.05, 3.63) is 65.2 Å². The summed E-state index contributed by atoms with van der Waals surface area (Å²) in [6, 6.07) is 7.81. The van der Waals surface area contributed by atoms with Crippen LogP contribution >= 0.6 is 0 Å². The first-order valence-electron chi connectivity index (χ1n) is 6.33. The SMILES string of the molecule is O=C(NCc1ccccc1OC(F)(F)F)c1ccc(F)c(F)c1. The van der Waals surface area contributed by atoms with Gasteiger partial charge in [0.1, 0.15) is 5.75 Å². The lowest BCUT2D eigenvalue weighted by Gasteiger charge is -2.13. The highest BCUT2D eigenvalue weighted by atomic mass is 19.4. The van der Waals surface area contributed by atoms with Gasteiger partial charge in [-0.2, -0.15) is 0 Å². The largest absolute Gasteiger partial charge is 0.573 e. The molecule has 2 rings (SSSR count). The Morgan fingerprint density at radius 3 is 2.39 bits per heavy atom. The van der Waals surface area contributed by atoms with Crippen molar-refractivity contribution in [3.8, 4) is 5.75 Å². The number of rotatable bonds is 4. The highest BCUT2D eigenvalue weighted by Gasteiger charge is 2.32. The molecule has 2 aromatic carbocycles. The number of carbonyl (C=O) groups is 1. The van der Waals surface area contributed by atoms with E-state index in [1.807, 2.05) is 0 Å². The average molecular weight is 331 g/mol. The highest BCUT2D eigenvalue weighted by molar-refractivity contribution is 5.94. The van der Waals surface area contributed by atoms with Crippen molar-refractivity contribution in [1.82, 2.24) is 5.32 Å². The summed E-state index contributed by atoms with van der Waals surface area (Å²) in [6.07, 6.45) is -4.86. The molecule has 0 spiro atoms. The predicted molar refractivity (Wildman–Crippen MR) is 70.7 cm³/mol. The van der Waals surface area contributed by atoms with Gasteiger partial charge in [-0.15, -0.1) is 13.2 Å². The quantitative estimate of drug-likeness (QED) is 0.866. The first-order valence-corrected chi connectivity index (χ1v) is 6.33. The lowest BCUT2D eigenvalue weighted by atomic mass is 10.1. The number of hydrogen-bond donors (Lipinski definition) is 1. The minimum atomic E-state index is -4.86. The van der Waals surface area contributed by atoms with Gasteiger partial charge in [0.15, 0.2) is 11.6 Å². The molecule has 0 aliphatic carbocycles. The van der Waals surface area contributed by atoms with Crippen LogP contribution in [0, 0.1) is 11.6 Å². The fraction of sp³-hybridized carbons (Fsp3) is 0.133. The average Bonchev–Trinajstić information content (AvgIpc) is 2.47. The molecule has 23 heavy (non-hydrogen) atoms. The van der Waals surface area contributed by atoms with Crippen LogP contribution in [0.5, 0.6) is 5.75 Å². The molecule has 0 unspecified atom stereocenters. The van der Waals surface area contributed by atoms with E-state index >= 15 is 0 Å². The number of ether oxygens (including phenoxy) is 1. The molecular formula is C15H10F5NO2. The summed E-state index contributed by atoms with van der Waals surface area (Å²) in [4.78, 5) is 11.8. The zero-order chi connectivity index (χ0) is 17.0. The Bertz CT molecular complexity index is 715. The van der Waals surface area contributed by atoms with Crippen LogP contribution < -0.4 is 10.1 Å². The summed E-state index contributed by atoms with van der Waals surface area (Å²) >= 11 is 0. The van der Waals surface area contributed by atoms with Gasteiger partial charge >= 0.3 is 6.36 Å². The van der Waals surface area contributed by atoms with E-state index < -0.39 is 29.7 Å². The molecule has 0 atom stereocenters. The third-order valence-electron chi connectivity index (χ3n) is 2.82.